The lowest BCUT2D eigenvalue weighted by Crippen LogP contribution is -2.11. The molecule has 0 aliphatic carbocycles. The second-order valence-corrected chi connectivity index (χ2v) is 7.32. The minimum Gasteiger partial charge on any atom is -0.319 e. The van der Waals surface area contributed by atoms with Gasteiger partial charge in [0.1, 0.15) is 0 Å². The van der Waals surface area contributed by atoms with Crippen LogP contribution >= 0.6 is 11.8 Å². The predicted octanol–water partition coefficient (Wildman–Crippen LogP) is 2.60. The Morgan fingerprint density at radius 3 is 2.70 bits per heavy atom. The van der Waals surface area contributed by atoms with Gasteiger partial charge >= 0.3 is 0 Å². The average molecular weight is 313 g/mol. The van der Waals surface area contributed by atoms with Gasteiger partial charge in [0.15, 0.2) is 5.16 Å². The molecule has 0 saturated carbocycles. The molecule has 2 N–H and O–H groups in total. The Morgan fingerprint density at radius 2 is 2.10 bits per heavy atom. The van der Waals surface area contributed by atoms with Gasteiger partial charge in [-0.3, -0.25) is 0 Å². The van der Waals surface area contributed by atoms with Gasteiger partial charge in [0.2, 0.25) is 10.0 Å². The highest BCUT2D eigenvalue weighted by atomic mass is 32.2. The number of thioether (sulfide) groups is 1. The lowest BCUT2D eigenvalue weighted by molar-refractivity contribution is 0.598. The first-order valence-electron chi connectivity index (χ1n) is 6.63. The van der Waals surface area contributed by atoms with E-state index in [2.05, 4.69) is 23.4 Å². The number of hydrogen-bond acceptors (Lipinski definition) is 4. The smallest absolute Gasteiger partial charge is 0.238 e. The van der Waals surface area contributed by atoms with Crippen LogP contribution in [0.5, 0.6) is 0 Å². The first-order chi connectivity index (χ1) is 9.47. The summed E-state index contributed by atoms with van der Waals surface area (Å²) in [4.78, 5) is 4.64. The molecule has 0 aliphatic rings. The summed E-state index contributed by atoms with van der Waals surface area (Å²) in [5.41, 5.74) is 1.64. The highest BCUT2D eigenvalue weighted by Gasteiger charge is 2.14. The van der Waals surface area contributed by atoms with Crippen LogP contribution in [-0.4, -0.2) is 23.7 Å². The summed E-state index contributed by atoms with van der Waals surface area (Å²) in [7, 11) is -3.68. The Bertz CT molecular complexity index is 708. The van der Waals surface area contributed by atoms with Crippen molar-refractivity contribution in [3.05, 3.63) is 18.2 Å². The molecule has 0 radical (unpaired) electrons. The number of benzene rings is 1. The van der Waals surface area contributed by atoms with E-state index in [1.807, 2.05) is 0 Å². The first-order valence-corrected chi connectivity index (χ1v) is 9.16. The third-order valence-electron chi connectivity index (χ3n) is 3.02. The van der Waals surface area contributed by atoms with E-state index in [-0.39, 0.29) is 4.90 Å². The zero-order valence-electron chi connectivity index (χ0n) is 11.7. The predicted molar refractivity (Wildman–Crippen MR) is 82.4 cm³/mol. The molecule has 1 aromatic heterocycles. The van der Waals surface area contributed by atoms with Crippen LogP contribution in [0.1, 0.15) is 26.7 Å². The van der Waals surface area contributed by atoms with E-state index >= 15 is 0 Å². The summed E-state index contributed by atoms with van der Waals surface area (Å²) < 4.78 is 25.0. The van der Waals surface area contributed by atoms with Gasteiger partial charge in [-0.2, -0.15) is 0 Å². The number of nitrogens with zero attached hydrogens (tertiary/aromatic N) is 2. The largest absolute Gasteiger partial charge is 0.319 e. The van der Waals surface area contributed by atoms with Gasteiger partial charge in [-0.25, -0.2) is 18.5 Å². The second-order valence-electron chi connectivity index (χ2n) is 4.53. The number of nitrogens with two attached hydrogens (primary N) is 1. The number of primary sulfonamides is 1. The molecular weight excluding hydrogens is 294 g/mol. The van der Waals surface area contributed by atoms with Gasteiger partial charge in [0.25, 0.3) is 0 Å². The molecule has 0 aliphatic heterocycles. The number of sulfonamides is 1. The summed E-state index contributed by atoms with van der Waals surface area (Å²) >= 11 is 1.66. The van der Waals surface area contributed by atoms with E-state index in [9.17, 15) is 8.42 Å². The van der Waals surface area contributed by atoms with Crippen molar-refractivity contribution in [1.82, 2.24) is 9.55 Å². The molecule has 110 valence electrons. The molecule has 0 bridgehead atoms. The summed E-state index contributed by atoms with van der Waals surface area (Å²) in [6.45, 7) is 5.11. The number of aryl methyl sites for hydroxylation is 1. The summed E-state index contributed by atoms with van der Waals surface area (Å²) in [6, 6.07) is 4.88. The van der Waals surface area contributed by atoms with Crippen molar-refractivity contribution in [3.8, 4) is 0 Å². The maximum absolute atomic E-state index is 11.4. The summed E-state index contributed by atoms with van der Waals surface area (Å²) in [5, 5.41) is 6.10. The molecule has 0 atom stereocenters. The maximum Gasteiger partial charge on any atom is 0.238 e. The topological polar surface area (TPSA) is 78.0 Å². The molecule has 2 rings (SSSR count). The van der Waals surface area contributed by atoms with Crippen molar-refractivity contribution >= 4 is 32.8 Å². The quantitative estimate of drug-likeness (QED) is 0.831. The third-order valence-corrected chi connectivity index (χ3v) is 4.79. The number of hydrogen-bond donors (Lipinski definition) is 1. The maximum atomic E-state index is 11.4. The minimum absolute atomic E-state index is 0.109. The van der Waals surface area contributed by atoms with Gasteiger partial charge in [-0.05, 0) is 30.4 Å². The van der Waals surface area contributed by atoms with Crippen molar-refractivity contribution in [3.63, 3.8) is 0 Å². The highest BCUT2D eigenvalue weighted by Crippen LogP contribution is 2.26. The number of rotatable bonds is 6. The SMILES string of the molecule is CCCCn1c(SCC)nc2cc(S(N)(=O)=O)ccc21. The number of unbranched alkanes of at least 4 members (excludes halogenated alkanes) is 1. The van der Waals surface area contributed by atoms with Crippen molar-refractivity contribution in [1.29, 1.82) is 0 Å². The van der Waals surface area contributed by atoms with Crippen molar-refractivity contribution in [2.24, 2.45) is 5.14 Å². The normalized spacial score (nSPS) is 12.2. The highest BCUT2D eigenvalue weighted by molar-refractivity contribution is 7.99. The Balaban J connectivity index is 2.55. The Labute approximate surface area is 123 Å². The van der Waals surface area contributed by atoms with Crippen LogP contribution < -0.4 is 5.14 Å². The van der Waals surface area contributed by atoms with Crippen LogP contribution in [0.15, 0.2) is 28.3 Å². The Morgan fingerprint density at radius 1 is 1.35 bits per heavy atom. The fourth-order valence-electron chi connectivity index (χ4n) is 2.04. The van der Waals surface area contributed by atoms with Crippen molar-refractivity contribution in [2.45, 2.75) is 43.3 Å². The average Bonchev–Trinajstić information content (AvgIpc) is 2.72. The van der Waals surface area contributed by atoms with Gasteiger partial charge in [-0.1, -0.05) is 32.0 Å². The Hall–Kier alpha value is -1.05. The molecule has 20 heavy (non-hydrogen) atoms. The minimum atomic E-state index is -3.68. The molecule has 1 aromatic carbocycles. The van der Waals surface area contributed by atoms with Crippen LogP contribution in [0.3, 0.4) is 0 Å². The van der Waals surface area contributed by atoms with E-state index in [0.29, 0.717) is 5.52 Å². The van der Waals surface area contributed by atoms with E-state index in [4.69, 9.17) is 5.14 Å². The lowest BCUT2D eigenvalue weighted by atomic mass is 10.3. The molecule has 7 heteroatoms. The van der Waals surface area contributed by atoms with Crippen molar-refractivity contribution < 1.29 is 8.42 Å². The number of imidazole rings is 1. The van der Waals surface area contributed by atoms with E-state index < -0.39 is 10.0 Å². The molecule has 1 heterocycles. The fraction of sp³-hybridized carbons (Fsp3) is 0.462. The number of fused-ring (bicyclic) bond motifs is 1. The summed E-state index contributed by atoms with van der Waals surface area (Å²) in [5.74, 6) is 0.928. The van der Waals surface area contributed by atoms with Gasteiger partial charge in [0, 0.05) is 6.54 Å². The second kappa shape index (κ2) is 6.15. The zero-order valence-corrected chi connectivity index (χ0v) is 13.3. The third kappa shape index (κ3) is 3.16. The molecule has 0 amide bonds. The standard InChI is InChI=1S/C13H19N3O2S2/c1-3-5-8-16-12-7-6-10(20(14,17)18)9-11(12)15-13(16)19-4-2/h6-7,9H,3-5,8H2,1-2H3,(H2,14,17,18). The molecule has 0 unspecified atom stereocenters. The first kappa shape index (κ1) is 15.3. The van der Waals surface area contributed by atoms with Crippen LogP contribution in [0.4, 0.5) is 0 Å². The lowest BCUT2D eigenvalue weighted by Gasteiger charge is -2.07. The van der Waals surface area contributed by atoms with E-state index in [1.54, 1.807) is 30.0 Å². The van der Waals surface area contributed by atoms with Crippen molar-refractivity contribution in [2.75, 3.05) is 5.75 Å². The van der Waals surface area contributed by atoms with Gasteiger partial charge < -0.3 is 4.57 Å². The number of aromatic nitrogens is 2. The molecule has 5 nitrogen and oxygen atoms in total. The van der Waals surface area contributed by atoms with Crippen LogP contribution in [-0.2, 0) is 16.6 Å². The summed E-state index contributed by atoms with van der Waals surface area (Å²) in [6.07, 6.45) is 2.17. The van der Waals surface area contributed by atoms with Crippen LogP contribution in [0, 0.1) is 0 Å². The molecule has 2 aromatic rings. The molecular formula is C13H19N3O2S2. The van der Waals surface area contributed by atoms with Gasteiger partial charge in [-0.15, -0.1) is 0 Å². The zero-order chi connectivity index (χ0) is 14.8. The van der Waals surface area contributed by atoms with E-state index in [1.165, 1.54) is 0 Å². The van der Waals surface area contributed by atoms with Crippen LogP contribution in [0.2, 0.25) is 0 Å². The fourth-order valence-corrected chi connectivity index (χ4v) is 3.34. The Kier molecular flexibility index (Phi) is 4.72. The molecule has 0 spiro atoms. The molecule has 0 fully saturated rings. The van der Waals surface area contributed by atoms with E-state index in [0.717, 1.165) is 35.8 Å². The van der Waals surface area contributed by atoms with Crippen LogP contribution in [0.25, 0.3) is 11.0 Å². The van der Waals surface area contributed by atoms with Gasteiger partial charge in [0.05, 0.1) is 15.9 Å². The molecule has 0 saturated heterocycles. The monoisotopic (exact) mass is 313 g/mol.